The first-order valence-electron chi connectivity index (χ1n) is 6.32. The van der Waals surface area contributed by atoms with E-state index in [9.17, 15) is 15.0 Å². The monoisotopic (exact) mass is 268 g/mol. The maximum Gasteiger partial charge on any atom is 0.338 e. The van der Waals surface area contributed by atoms with Crippen molar-refractivity contribution >= 4 is 5.97 Å². The van der Waals surface area contributed by atoms with Crippen LogP contribution in [0.1, 0.15) is 30.6 Å². The van der Waals surface area contributed by atoms with Crippen LogP contribution in [-0.2, 0) is 16.0 Å². The molecule has 106 valence electrons. The maximum absolute atomic E-state index is 11.3. The zero-order valence-electron chi connectivity index (χ0n) is 11.0. The number of aliphatic hydroxyl groups excluding tert-OH is 3. The van der Waals surface area contributed by atoms with Crippen molar-refractivity contribution in [2.45, 2.75) is 32.0 Å². The fourth-order valence-corrected chi connectivity index (χ4v) is 1.70. The van der Waals surface area contributed by atoms with E-state index in [4.69, 9.17) is 5.11 Å². The molecule has 0 aromatic heterocycles. The summed E-state index contributed by atoms with van der Waals surface area (Å²) in [6.07, 6.45) is -1.46. The van der Waals surface area contributed by atoms with Crippen LogP contribution in [0.3, 0.4) is 0 Å². The molecule has 0 amide bonds. The fraction of sp³-hybridized carbons (Fsp3) is 0.500. The summed E-state index contributed by atoms with van der Waals surface area (Å²) in [5.74, 6) is -0.834. The second-order valence-corrected chi connectivity index (χ2v) is 4.21. The van der Waals surface area contributed by atoms with Crippen molar-refractivity contribution in [3.8, 4) is 0 Å². The second-order valence-electron chi connectivity index (χ2n) is 4.21. The first-order chi connectivity index (χ1) is 9.10. The first kappa shape index (κ1) is 15.6. The summed E-state index contributed by atoms with van der Waals surface area (Å²) in [6.45, 7) is 1.92. The largest absolute Gasteiger partial charge is 0.464 e. The summed E-state index contributed by atoms with van der Waals surface area (Å²) < 4.78 is 4.65. The highest BCUT2D eigenvalue weighted by atomic mass is 16.5. The molecule has 0 heterocycles. The summed E-state index contributed by atoms with van der Waals surface area (Å²) in [4.78, 5) is 11.3. The minimum atomic E-state index is -1.58. The lowest BCUT2D eigenvalue weighted by Gasteiger charge is -2.17. The molecule has 0 radical (unpaired) electrons. The summed E-state index contributed by atoms with van der Waals surface area (Å²) in [6, 6.07) is 6.90. The number of hydrogen-bond donors (Lipinski definition) is 3. The number of benzene rings is 1. The van der Waals surface area contributed by atoms with E-state index in [0.29, 0.717) is 12.0 Å². The highest BCUT2D eigenvalue weighted by Gasteiger charge is 2.26. The maximum atomic E-state index is 11.3. The third-order valence-electron chi connectivity index (χ3n) is 2.77. The number of ether oxygens (including phenoxy) is 1. The van der Waals surface area contributed by atoms with Gasteiger partial charge in [-0.05, 0) is 30.9 Å². The van der Waals surface area contributed by atoms with E-state index in [-0.39, 0.29) is 13.2 Å². The zero-order valence-corrected chi connectivity index (χ0v) is 11.0. The van der Waals surface area contributed by atoms with Crippen molar-refractivity contribution in [3.63, 3.8) is 0 Å². The summed E-state index contributed by atoms with van der Waals surface area (Å²) in [5.41, 5.74) is 1.48. The number of aliphatic hydroxyl groups is 3. The predicted octanol–water partition coefficient (Wildman–Crippen LogP) is 0.569. The van der Waals surface area contributed by atoms with E-state index in [1.54, 1.807) is 31.2 Å². The molecule has 0 aliphatic rings. The van der Waals surface area contributed by atoms with E-state index < -0.39 is 18.2 Å². The number of aryl methyl sites for hydroxylation is 1. The van der Waals surface area contributed by atoms with Gasteiger partial charge in [-0.2, -0.15) is 0 Å². The third kappa shape index (κ3) is 4.63. The zero-order chi connectivity index (χ0) is 14.3. The lowest BCUT2D eigenvalue weighted by molar-refractivity contribution is -0.159. The van der Waals surface area contributed by atoms with E-state index in [1.165, 1.54) is 0 Å². The van der Waals surface area contributed by atoms with Crippen molar-refractivity contribution in [2.24, 2.45) is 0 Å². The van der Waals surface area contributed by atoms with Crippen LogP contribution >= 0.6 is 0 Å². The van der Waals surface area contributed by atoms with Gasteiger partial charge in [0.15, 0.2) is 6.10 Å². The smallest absolute Gasteiger partial charge is 0.338 e. The molecule has 3 N–H and O–H groups in total. The van der Waals surface area contributed by atoms with Crippen LogP contribution in [0, 0.1) is 0 Å². The molecular weight excluding hydrogens is 248 g/mol. The molecule has 0 fully saturated rings. The van der Waals surface area contributed by atoms with Gasteiger partial charge in [-0.1, -0.05) is 24.3 Å². The van der Waals surface area contributed by atoms with Crippen LogP contribution in [-0.4, -0.2) is 40.6 Å². The van der Waals surface area contributed by atoms with Gasteiger partial charge in [0.25, 0.3) is 0 Å². The van der Waals surface area contributed by atoms with Crippen molar-refractivity contribution < 1.29 is 24.9 Å². The summed E-state index contributed by atoms with van der Waals surface area (Å²) in [5, 5.41) is 28.2. The average Bonchev–Trinajstić information content (AvgIpc) is 2.44. The van der Waals surface area contributed by atoms with E-state index in [0.717, 1.165) is 12.0 Å². The van der Waals surface area contributed by atoms with Gasteiger partial charge in [-0.3, -0.25) is 0 Å². The van der Waals surface area contributed by atoms with Crippen LogP contribution in [0.25, 0.3) is 0 Å². The molecule has 0 aliphatic carbocycles. The Morgan fingerprint density at radius 1 is 1.26 bits per heavy atom. The molecule has 0 saturated carbocycles. The summed E-state index contributed by atoms with van der Waals surface area (Å²) in [7, 11) is 0. The third-order valence-corrected chi connectivity index (χ3v) is 2.77. The number of carbonyl (C=O) groups excluding carboxylic acids is 1. The van der Waals surface area contributed by atoms with Crippen molar-refractivity contribution in [1.29, 1.82) is 0 Å². The number of hydrogen-bond acceptors (Lipinski definition) is 5. The quantitative estimate of drug-likeness (QED) is 0.629. The molecule has 0 saturated heterocycles. The Bertz CT molecular complexity index is 387. The Labute approximate surface area is 112 Å². The minimum Gasteiger partial charge on any atom is -0.464 e. The first-order valence-corrected chi connectivity index (χ1v) is 6.32. The molecule has 0 spiro atoms. The molecule has 0 aliphatic heterocycles. The topological polar surface area (TPSA) is 87.0 Å². The molecule has 1 rings (SSSR count). The molecule has 0 bridgehead atoms. The minimum absolute atomic E-state index is 0.131. The molecule has 2 unspecified atom stereocenters. The van der Waals surface area contributed by atoms with Gasteiger partial charge in [0.05, 0.1) is 6.61 Å². The molecule has 1 aromatic rings. The van der Waals surface area contributed by atoms with E-state index in [1.807, 2.05) is 0 Å². The van der Waals surface area contributed by atoms with Crippen LogP contribution in [0.4, 0.5) is 0 Å². The highest BCUT2D eigenvalue weighted by Crippen LogP contribution is 2.19. The second kappa shape index (κ2) is 7.89. The van der Waals surface area contributed by atoms with Crippen molar-refractivity contribution in [2.75, 3.05) is 13.2 Å². The van der Waals surface area contributed by atoms with Crippen LogP contribution in [0.5, 0.6) is 0 Å². The Kier molecular flexibility index (Phi) is 6.49. The average molecular weight is 268 g/mol. The highest BCUT2D eigenvalue weighted by molar-refractivity contribution is 5.75. The van der Waals surface area contributed by atoms with Crippen molar-refractivity contribution in [3.05, 3.63) is 35.4 Å². The Hall–Kier alpha value is -1.43. The molecule has 5 heteroatoms. The van der Waals surface area contributed by atoms with Gasteiger partial charge in [-0.25, -0.2) is 4.79 Å². The lowest BCUT2D eigenvalue weighted by atomic mass is 10.0. The molecule has 19 heavy (non-hydrogen) atoms. The fourth-order valence-electron chi connectivity index (χ4n) is 1.70. The van der Waals surface area contributed by atoms with Gasteiger partial charge in [0.2, 0.25) is 0 Å². The van der Waals surface area contributed by atoms with Gasteiger partial charge in [-0.15, -0.1) is 0 Å². The van der Waals surface area contributed by atoms with Gasteiger partial charge < -0.3 is 20.1 Å². The predicted molar refractivity (Wildman–Crippen MR) is 69.4 cm³/mol. The Balaban J connectivity index is 2.66. The standard InChI is InChI=1S/C14H20O5/c1-2-19-14(18)13(17)12(16)11-7-5-10(6-8-11)4-3-9-15/h5-8,12-13,15-17H,2-4,9H2,1H3. The molecular formula is C14H20O5. The lowest BCUT2D eigenvalue weighted by Crippen LogP contribution is -2.29. The van der Waals surface area contributed by atoms with Gasteiger partial charge in [0, 0.05) is 6.61 Å². The Morgan fingerprint density at radius 3 is 2.42 bits per heavy atom. The van der Waals surface area contributed by atoms with Crippen LogP contribution < -0.4 is 0 Å². The van der Waals surface area contributed by atoms with E-state index >= 15 is 0 Å². The molecule has 1 aromatic carbocycles. The molecule has 2 atom stereocenters. The van der Waals surface area contributed by atoms with E-state index in [2.05, 4.69) is 4.74 Å². The van der Waals surface area contributed by atoms with Gasteiger partial charge in [0.1, 0.15) is 6.10 Å². The summed E-state index contributed by atoms with van der Waals surface area (Å²) >= 11 is 0. The van der Waals surface area contributed by atoms with Crippen molar-refractivity contribution in [1.82, 2.24) is 0 Å². The van der Waals surface area contributed by atoms with Gasteiger partial charge >= 0.3 is 5.97 Å². The number of esters is 1. The number of carbonyl (C=O) groups is 1. The Morgan fingerprint density at radius 2 is 1.89 bits per heavy atom. The van der Waals surface area contributed by atoms with Crippen LogP contribution in [0.2, 0.25) is 0 Å². The number of rotatable bonds is 7. The van der Waals surface area contributed by atoms with Crippen LogP contribution in [0.15, 0.2) is 24.3 Å². The molecule has 5 nitrogen and oxygen atoms in total. The SMILES string of the molecule is CCOC(=O)C(O)C(O)c1ccc(CCCO)cc1. The normalized spacial score (nSPS) is 13.9.